The van der Waals surface area contributed by atoms with Crippen LogP contribution in [0.4, 0.5) is 14.9 Å². The first kappa shape index (κ1) is 15.2. The molecule has 1 fully saturated rings. The smallest absolute Gasteiger partial charge is 0.322 e. The van der Waals surface area contributed by atoms with Crippen LogP contribution in [-0.2, 0) is 4.79 Å². The molecule has 1 aliphatic heterocycles. The Morgan fingerprint density at radius 2 is 2.33 bits per heavy atom. The highest BCUT2D eigenvalue weighted by Crippen LogP contribution is 2.13. The zero-order valence-corrected chi connectivity index (χ0v) is 12.1. The Hall–Kier alpha value is -2.18. The summed E-state index contributed by atoms with van der Waals surface area (Å²) in [5.74, 6) is -0.495. The minimum atomic E-state index is -0.507. The van der Waals surface area contributed by atoms with Crippen molar-refractivity contribution in [2.45, 2.75) is 38.8 Å². The second-order valence-electron chi connectivity index (χ2n) is 5.37. The van der Waals surface area contributed by atoms with E-state index in [0.29, 0.717) is 18.7 Å². The number of rotatable bonds is 4. The van der Waals surface area contributed by atoms with Crippen molar-refractivity contribution in [3.63, 3.8) is 0 Å². The molecule has 2 N–H and O–H groups in total. The van der Waals surface area contributed by atoms with E-state index in [1.807, 2.05) is 13.8 Å². The molecule has 0 saturated carbocycles. The van der Waals surface area contributed by atoms with E-state index < -0.39 is 5.82 Å². The summed E-state index contributed by atoms with van der Waals surface area (Å²) in [5, 5.41) is 5.46. The maximum Gasteiger partial charge on any atom is 0.322 e. The van der Waals surface area contributed by atoms with Gasteiger partial charge in [-0.15, -0.1) is 0 Å². The van der Waals surface area contributed by atoms with E-state index in [0.717, 1.165) is 12.6 Å². The molecule has 6 nitrogen and oxygen atoms in total. The van der Waals surface area contributed by atoms with Crippen molar-refractivity contribution in [3.8, 4) is 0 Å². The van der Waals surface area contributed by atoms with Crippen molar-refractivity contribution in [2.75, 3.05) is 11.9 Å². The van der Waals surface area contributed by atoms with Crippen molar-refractivity contribution >= 4 is 17.6 Å². The van der Waals surface area contributed by atoms with Gasteiger partial charge in [0.1, 0.15) is 5.82 Å². The van der Waals surface area contributed by atoms with Crippen LogP contribution in [0.25, 0.3) is 0 Å². The normalized spacial score (nSPS) is 17.7. The molecule has 0 spiro atoms. The minimum absolute atomic E-state index is 0.0124. The summed E-state index contributed by atoms with van der Waals surface area (Å²) in [5.41, 5.74) is 0.307. The summed E-state index contributed by atoms with van der Waals surface area (Å²) in [7, 11) is 0. The fraction of sp³-hybridized carbons (Fsp3) is 0.500. The van der Waals surface area contributed by atoms with Crippen LogP contribution in [0.5, 0.6) is 0 Å². The van der Waals surface area contributed by atoms with Gasteiger partial charge in [-0.25, -0.2) is 9.18 Å². The minimum Gasteiger partial charge on any atom is -0.352 e. The van der Waals surface area contributed by atoms with Crippen LogP contribution in [0.3, 0.4) is 0 Å². The molecule has 1 saturated heterocycles. The first-order valence-electron chi connectivity index (χ1n) is 6.93. The van der Waals surface area contributed by atoms with Crippen molar-refractivity contribution in [2.24, 2.45) is 0 Å². The number of nitrogens with one attached hydrogen (secondary N) is 2. The molecule has 0 aliphatic carbocycles. The Balaban J connectivity index is 2.00. The highest BCUT2D eigenvalue weighted by Gasteiger charge is 2.26. The number of urea groups is 1. The number of aromatic nitrogens is 1. The molecule has 1 aromatic heterocycles. The highest BCUT2D eigenvalue weighted by atomic mass is 19.1. The molecule has 21 heavy (non-hydrogen) atoms. The maximum absolute atomic E-state index is 13.1. The summed E-state index contributed by atoms with van der Waals surface area (Å²) in [4.78, 5) is 28.8. The Morgan fingerprint density at radius 3 is 2.90 bits per heavy atom. The lowest BCUT2D eigenvalue weighted by atomic mass is 10.2. The molecule has 1 aliphatic rings. The second kappa shape index (κ2) is 6.51. The lowest BCUT2D eigenvalue weighted by Gasteiger charge is -2.29. The number of carbonyl (C=O) groups is 2. The third kappa shape index (κ3) is 4.14. The molecular weight excluding hydrogens is 275 g/mol. The quantitative estimate of drug-likeness (QED) is 0.888. The van der Waals surface area contributed by atoms with E-state index in [9.17, 15) is 14.0 Å². The average molecular weight is 294 g/mol. The first-order chi connectivity index (χ1) is 9.95. The predicted molar refractivity (Wildman–Crippen MR) is 76.2 cm³/mol. The largest absolute Gasteiger partial charge is 0.352 e. The lowest BCUT2D eigenvalue weighted by Crippen LogP contribution is -2.47. The van der Waals surface area contributed by atoms with E-state index in [-0.39, 0.29) is 24.0 Å². The zero-order valence-electron chi connectivity index (χ0n) is 12.1. The molecule has 7 heteroatoms. The third-order valence-corrected chi connectivity index (χ3v) is 3.34. The Morgan fingerprint density at radius 1 is 1.57 bits per heavy atom. The van der Waals surface area contributed by atoms with Crippen molar-refractivity contribution < 1.29 is 14.0 Å². The molecule has 0 unspecified atom stereocenters. The zero-order chi connectivity index (χ0) is 15.4. The van der Waals surface area contributed by atoms with Gasteiger partial charge in [0.25, 0.3) is 0 Å². The van der Waals surface area contributed by atoms with Crippen LogP contribution >= 0.6 is 0 Å². The molecule has 0 bridgehead atoms. The molecule has 3 amide bonds. The van der Waals surface area contributed by atoms with Crippen LogP contribution in [0, 0.1) is 5.82 Å². The molecule has 2 heterocycles. The number of hydrogen-bond donors (Lipinski definition) is 2. The van der Waals surface area contributed by atoms with E-state index in [4.69, 9.17) is 0 Å². The Kier molecular flexibility index (Phi) is 4.72. The van der Waals surface area contributed by atoms with Gasteiger partial charge in [0.15, 0.2) is 0 Å². The fourth-order valence-electron chi connectivity index (χ4n) is 2.26. The molecule has 114 valence electrons. The predicted octanol–water partition coefficient (Wildman–Crippen LogP) is 1.74. The molecule has 2 rings (SSSR count). The van der Waals surface area contributed by atoms with Crippen molar-refractivity contribution in [3.05, 3.63) is 24.3 Å². The Bertz CT molecular complexity index is 535. The summed E-state index contributed by atoms with van der Waals surface area (Å²) >= 11 is 0. The van der Waals surface area contributed by atoms with Crippen LogP contribution in [-0.4, -0.2) is 40.5 Å². The molecular formula is C14H19FN4O2. The van der Waals surface area contributed by atoms with E-state index in [1.165, 1.54) is 12.3 Å². The average Bonchev–Trinajstić information content (AvgIpc) is 2.81. The van der Waals surface area contributed by atoms with Gasteiger partial charge in [-0.05, 0) is 20.3 Å². The van der Waals surface area contributed by atoms with Crippen LogP contribution in [0.15, 0.2) is 18.5 Å². The SMILES string of the molecule is CC(C)N(C[C@@H]1CCC(=O)N1)C(=O)Nc1cncc(F)c1. The fourth-order valence-corrected chi connectivity index (χ4v) is 2.26. The van der Waals surface area contributed by atoms with Gasteiger partial charge >= 0.3 is 6.03 Å². The van der Waals surface area contributed by atoms with Crippen LogP contribution < -0.4 is 10.6 Å². The molecule has 0 radical (unpaired) electrons. The first-order valence-corrected chi connectivity index (χ1v) is 6.93. The maximum atomic E-state index is 13.1. The molecule has 0 aromatic carbocycles. The van der Waals surface area contributed by atoms with Crippen LogP contribution in [0.2, 0.25) is 0 Å². The standard InChI is InChI=1S/C14H19FN4O2/c1-9(2)19(8-11-3-4-13(20)17-11)14(21)18-12-5-10(15)6-16-7-12/h5-7,9,11H,3-4,8H2,1-2H3,(H,17,20)(H,18,21)/t11-/m0/s1. The van der Waals surface area contributed by atoms with Crippen molar-refractivity contribution in [1.29, 1.82) is 0 Å². The summed E-state index contributed by atoms with van der Waals surface area (Å²) in [6, 6.07) is 0.805. The van der Waals surface area contributed by atoms with Gasteiger partial charge in [0.2, 0.25) is 5.91 Å². The summed E-state index contributed by atoms with van der Waals surface area (Å²) < 4.78 is 13.1. The van der Waals surface area contributed by atoms with Gasteiger partial charge in [0.05, 0.1) is 18.1 Å². The number of pyridine rings is 1. The van der Waals surface area contributed by atoms with Gasteiger partial charge in [0, 0.05) is 31.1 Å². The van der Waals surface area contributed by atoms with Crippen molar-refractivity contribution in [1.82, 2.24) is 15.2 Å². The number of anilines is 1. The van der Waals surface area contributed by atoms with E-state index >= 15 is 0 Å². The monoisotopic (exact) mass is 294 g/mol. The summed E-state index contributed by atoms with van der Waals surface area (Å²) in [6.45, 7) is 4.21. The molecule has 1 atom stereocenters. The van der Waals surface area contributed by atoms with Gasteiger partial charge in [-0.1, -0.05) is 0 Å². The number of nitrogens with zero attached hydrogens (tertiary/aromatic N) is 2. The Labute approximate surface area is 122 Å². The second-order valence-corrected chi connectivity index (χ2v) is 5.37. The van der Waals surface area contributed by atoms with Crippen LogP contribution in [0.1, 0.15) is 26.7 Å². The highest BCUT2D eigenvalue weighted by molar-refractivity contribution is 5.89. The number of carbonyl (C=O) groups excluding carboxylic acids is 2. The summed E-state index contributed by atoms with van der Waals surface area (Å²) in [6.07, 6.45) is 3.67. The van der Waals surface area contributed by atoms with Gasteiger partial charge in [-0.3, -0.25) is 9.78 Å². The number of halogens is 1. The number of amides is 3. The lowest BCUT2D eigenvalue weighted by molar-refractivity contribution is -0.119. The number of hydrogen-bond acceptors (Lipinski definition) is 3. The third-order valence-electron chi connectivity index (χ3n) is 3.34. The van der Waals surface area contributed by atoms with Gasteiger partial charge in [-0.2, -0.15) is 0 Å². The van der Waals surface area contributed by atoms with E-state index in [1.54, 1.807) is 4.90 Å². The van der Waals surface area contributed by atoms with E-state index in [2.05, 4.69) is 15.6 Å². The molecule has 1 aromatic rings. The van der Waals surface area contributed by atoms with Gasteiger partial charge < -0.3 is 15.5 Å². The topological polar surface area (TPSA) is 74.3 Å².